The molecule has 1 unspecified atom stereocenters. The van der Waals surface area contributed by atoms with E-state index in [9.17, 15) is 18.3 Å². The third-order valence-electron chi connectivity index (χ3n) is 2.48. The summed E-state index contributed by atoms with van der Waals surface area (Å²) in [5.41, 5.74) is 0.489. The SMILES string of the molecule is COC(=O)c1scc(C)c1S(=O)(=O)N(C)CC(C)O. The van der Waals surface area contributed by atoms with Crippen LogP contribution in [0.3, 0.4) is 0 Å². The number of ether oxygens (including phenoxy) is 1. The van der Waals surface area contributed by atoms with Crippen LogP contribution in [0.4, 0.5) is 0 Å². The molecule has 1 rings (SSSR count). The van der Waals surface area contributed by atoms with Crippen LogP contribution >= 0.6 is 11.3 Å². The Labute approximate surface area is 116 Å². The summed E-state index contributed by atoms with van der Waals surface area (Å²) in [6.07, 6.45) is -0.791. The van der Waals surface area contributed by atoms with E-state index in [-0.39, 0.29) is 16.3 Å². The van der Waals surface area contributed by atoms with Crippen molar-refractivity contribution in [2.75, 3.05) is 20.7 Å². The van der Waals surface area contributed by atoms with Gasteiger partial charge in [0.1, 0.15) is 9.77 Å². The number of thiophene rings is 1. The maximum atomic E-state index is 12.4. The molecule has 0 aliphatic heterocycles. The van der Waals surface area contributed by atoms with Gasteiger partial charge in [0.25, 0.3) is 0 Å². The number of carbonyl (C=O) groups excluding carboxylic acids is 1. The van der Waals surface area contributed by atoms with Crippen molar-refractivity contribution in [3.63, 3.8) is 0 Å². The van der Waals surface area contributed by atoms with Gasteiger partial charge >= 0.3 is 5.97 Å². The summed E-state index contributed by atoms with van der Waals surface area (Å²) in [6.45, 7) is 3.07. The lowest BCUT2D eigenvalue weighted by Gasteiger charge is -2.19. The predicted octanol–water partition coefficient (Wildman–Crippen LogP) is 0.844. The highest BCUT2D eigenvalue weighted by Gasteiger charge is 2.31. The fraction of sp³-hybridized carbons (Fsp3) is 0.545. The minimum Gasteiger partial charge on any atom is -0.465 e. The Morgan fingerprint density at radius 3 is 2.63 bits per heavy atom. The van der Waals surface area contributed by atoms with E-state index in [0.717, 1.165) is 15.6 Å². The third kappa shape index (κ3) is 3.33. The van der Waals surface area contributed by atoms with Crippen LogP contribution < -0.4 is 0 Å². The molecule has 8 heteroatoms. The first-order valence-corrected chi connectivity index (χ1v) is 7.84. The van der Waals surface area contributed by atoms with Crippen LogP contribution in [0.1, 0.15) is 22.2 Å². The Morgan fingerprint density at radius 2 is 2.16 bits per heavy atom. The van der Waals surface area contributed by atoms with Gasteiger partial charge in [-0.25, -0.2) is 13.2 Å². The van der Waals surface area contributed by atoms with E-state index >= 15 is 0 Å². The Balaban J connectivity index is 3.29. The second-order valence-corrected chi connectivity index (χ2v) is 7.06. The van der Waals surface area contributed by atoms with Crippen molar-refractivity contribution in [2.24, 2.45) is 0 Å². The fourth-order valence-corrected chi connectivity index (χ4v) is 4.52. The van der Waals surface area contributed by atoms with Crippen LogP contribution in [-0.4, -0.2) is 50.6 Å². The lowest BCUT2D eigenvalue weighted by Crippen LogP contribution is -2.34. The monoisotopic (exact) mass is 307 g/mol. The minimum atomic E-state index is -3.82. The fourth-order valence-electron chi connectivity index (χ4n) is 1.61. The van der Waals surface area contributed by atoms with Crippen molar-refractivity contribution in [2.45, 2.75) is 24.8 Å². The quantitative estimate of drug-likeness (QED) is 0.815. The van der Waals surface area contributed by atoms with Crippen LogP contribution in [0, 0.1) is 6.92 Å². The summed E-state index contributed by atoms with van der Waals surface area (Å²) in [5.74, 6) is -0.679. The van der Waals surface area contributed by atoms with Crippen LogP contribution in [0.15, 0.2) is 10.3 Å². The summed E-state index contributed by atoms with van der Waals surface area (Å²) in [5, 5.41) is 10.9. The first-order chi connectivity index (χ1) is 8.71. The number of aryl methyl sites for hydroxylation is 1. The summed E-state index contributed by atoms with van der Waals surface area (Å²) < 4.78 is 30.4. The zero-order valence-corrected chi connectivity index (χ0v) is 12.8. The van der Waals surface area contributed by atoms with Crippen molar-refractivity contribution in [3.05, 3.63) is 15.8 Å². The van der Waals surface area contributed by atoms with E-state index in [1.807, 2.05) is 0 Å². The molecule has 1 atom stereocenters. The minimum absolute atomic E-state index is 0.0434. The molecule has 1 aromatic heterocycles. The average molecular weight is 307 g/mol. The van der Waals surface area contributed by atoms with E-state index in [4.69, 9.17) is 0 Å². The highest BCUT2D eigenvalue weighted by atomic mass is 32.2. The van der Waals surface area contributed by atoms with Gasteiger partial charge in [-0.3, -0.25) is 0 Å². The van der Waals surface area contributed by atoms with Gasteiger partial charge in [0, 0.05) is 13.6 Å². The second kappa shape index (κ2) is 6.00. The van der Waals surface area contributed by atoms with Crippen LogP contribution in [0.25, 0.3) is 0 Å². The molecule has 0 amide bonds. The number of carbonyl (C=O) groups is 1. The summed E-state index contributed by atoms with van der Waals surface area (Å²) in [6, 6.07) is 0. The Morgan fingerprint density at radius 1 is 1.58 bits per heavy atom. The maximum absolute atomic E-state index is 12.4. The number of hydrogen-bond donors (Lipinski definition) is 1. The van der Waals surface area contributed by atoms with E-state index in [1.54, 1.807) is 12.3 Å². The Kier molecular flexibility index (Phi) is 5.08. The Bertz CT molecular complexity index is 562. The molecular weight excluding hydrogens is 290 g/mol. The number of likely N-dealkylation sites (N-methyl/N-ethyl adjacent to an activating group) is 1. The highest BCUT2D eigenvalue weighted by molar-refractivity contribution is 7.89. The standard InChI is InChI=1S/C11H17NO5S2/c1-7-6-18-9(11(14)17-4)10(7)19(15,16)12(3)5-8(2)13/h6,8,13H,5H2,1-4H3. The lowest BCUT2D eigenvalue weighted by atomic mass is 10.3. The number of aliphatic hydroxyl groups is 1. The zero-order chi connectivity index (χ0) is 14.8. The first-order valence-electron chi connectivity index (χ1n) is 5.52. The molecule has 1 aromatic rings. The number of nitrogens with zero attached hydrogens (tertiary/aromatic N) is 1. The maximum Gasteiger partial charge on any atom is 0.349 e. The smallest absolute Gasteiger partial charge is 0.349 e. The molecule has 1 heterocycles. The van der Waals surface area contributed by atoms with Crippen molar-refractivity contribution >= 4 is 27.3 Å². The van der Waals surface area contributed by atoms with Gasteiger partial charge in [-0.1, -0.05) is 0 Å². The van der Waals surface area contributed by atoms with Gasteiger partial charge in [-0.2, -0.15) is 4.31 Å². The molecule has 19 heavy (non-hydrogen) atoms. The van der Waals surface area contributed by atoms with Gasteiger partial charge < -0.3 is 9.84 Å². The number of hydrogen-bond acceptors (Lipinski definition) is 6. The van der Waals surface area contributed by atoms with Crippen molar-refractivity contribution < 1.29 is 23.1 Å². The number of aliphatic hydroxyl groups excluding tert-OH is 1. The van der Waals surface area contributed by atoms with Gasteiger partial charge in [0.2, 0.25) is 10.0 Å². The molecule has 0 saturated heterocycles. The average Bonchev–Trinajstić information content (AvgIpc) is 2.69. The number of rotatable bonds is 5. The number of methoxy groups -OCH3 is 1. The van der Waals surface area contributed by atoms with E-state index in [1.165, 1.54) is 21.1 Å². The molecule has 1 N–H and O–H groups in total. The number of sulfonamides is 1. The molecule has 108 valence electrons. The lowest BCUT2D eigenvalue weighted by molar-refractivity contribution is 0.0602. The summed E-state index contributed by atoms with van der Waals surface area (Å²) in [7, 11) is -1.26. The van der Waals surface area contributed by atoms with Gasteiger partial charge in [0.05, 0.1) is 13.2 Å². The predicted molar refractivity (Wildman–Crippen MR) is 71.9 cm³/mol. The van der Waals surface area contributed by atoms with Crippen LogP contribution in [0.5, 0.6) is 0 Å². The van der Waals surface area contributed by atoms with Gasteiger partial charge in [-0.05, 0) is 24.8 Å². The van der Waals surface area contributed by atoms with E-state index in [0.29, 0.717) is 5.56 Å². The van der Waals surface area contributed by atoms with Crippen molar-refractivity contribution in [1.29, 1.82) is 0 Å². The largest absolute Gasteiger partial charge is 0.465 e. The van der Waals surface area contributed by atoms with E-state index in [2.05, 4.69) is 4.74 Å². The molecule has 0 radical (unpaired) electrons. The molecule has 0 bridgehead atoms. The summed E-state index contributed by atoms with van der Waals surface area (Å²) >= 11 is 1.03. The molecular formula is C11H17NO5S2. The van der Waals surface area contributed by atoms with E-state index < -0.39 is 22.1 Å². The molecule has 0 aliphatic carbocycles. The van der Waals surface area contributed by atoms with Crippen molar-refractivity contribution in [3.8, 4) is 0 Å². The van der Waals surface area contributed by atoms with Crippen LogP contribution in [0.2, 0.25) is 0 Å². The molecule has 0 fully saturated rings. The third-order valence-corrected chi connectivity index (χ3v) is 5.70. The molecule has 0 spiro atoms. The van der Waals surface area contributed by atoms with Crippen LogP contribution in [-0.2, 0) is 14.8 Å². The Hall–Kier alpha value is -0.960. The summed E-state index contributed by atoms with van der Waals surface area (Å²) in [4.78, 5) is 11.6. The number of esters is 1. The molecule has 0 aromatic carbocycles. The van der Waals surface area contributed by atoms with Gasteiger partial charge in [-0.15, -0.1) is 11.3 Å². The normalized spacial score (nSPS) is 13.6. The second-order valence-electron chi connectivity index (χ2n) is 4.20. The molecule has 0 saturated carbocycles. The first kappa shape index (κ1) is 16.1. The zero-order valence-electron chi connectivity index (χ0n) is 11.2. The molecule has 6 nitrogen and oxygen atoms in total. The van der Waals surface area contributed by atoms with Gasteiger partial charge in [0.15, 0.2) is 0 Å². The molecule has 0 aliphatic rings. The van der Waals surface area contributed by atoms with Crippen molar-refractivity contribution in [1.82, 2.24) is 4.31 Å². The topological polar surface area (TPSA) is 83.9 Å². The highest BCUT2D eigenvalue weighted by Crippen LogP contribution is 2.29.